The van der Waals surface area contributed by atoms with Gasteiger partial charge < -0.3 is 19.9 Å². The van der Waals surface area contributed by atoms with Crippen molar-refractivity contribution >= 4 is 17.3 Å². The minimum Gasteiger partial charge on any atom is -0.383 e. The SMILES string of the molecule is CN(C)/C=C/C(=O)c1cc(N2CCOCC2)cc(NC2CCC(F)(F)CC2)n1. The largest absolute Gasteiger partial charge is 0.383 e. The molecule has 1 saturated heterocycles. The summed E-state index contributed by atoms with van der Waals surface area (Å²) in [6, 6.07) is 3.62. The van der Waals surface area contributed by atoms with Gasteiger partial charge in [-0.15, -0.1) is 0 Å². The molecule has 1 saturated carbocycles. The Kier molecular flexibility index (Phi) is 6.49. The van der Waals surface area contributed by atoms with Gasteiger partial charge in [0.05, 0.1) is 13.2 Å². The van der Waals surface area contributed by atoms with Crippen molar-refractivity contribution in [2.75, 3.05) is 50.6 Å². The van der Waals surface area contributed by atoms with E-state index in [1.807, 2.05) is 20.2 Å². The van der Waals surface area contributed by atoms with Gasteiger partial charge in [0.15, 0.2) is 0 Å². The van der Waals surface area contributed by atoms with E-state index >= 15 is 0 Å². The maximum absolute atomic E-state index is 13.4. The normalized spacial score (nSPS) is 20.4. The van der Waals surface area contributed by atoms with Crippen LogP contribution in [0.1, 0.15) is 36.2 Å². The molecular weight excluding hydrogens is 366 g/mol. The van der Waals surface area contributed by atoms with Gasteiger partial charge in [-0.05, 0) is 18.9 Å². The third-order valence-corrected chi connectivity index (χ3v) is 5.03. The van der Waals surface area contributed by atoms with Crippen molar-refractivity contribution in [1.82, 2.24) is 9.88 Å². The van der Waals surface area contributed by atoms with Crippen LogP contribution in [0.25, 0.3) is 0 Å². The first-order valence-electron chi connectivity index (χ1n) is 9.70. The number of hydrogen-bond donors (Lipinski definition) is 1. The first-order chi connectivity index (χ1) is 13.3. The maximum Gasteiger partial charge on any atom is 0.248 e. The number of pyridine rings is 1. The van der Waals surface area contributed by atoms with Crippen molar-refractivity contribution in [1.29, 1.82) is 0 Å². The molecule has 0 unspecified atom stereocenters. The number of nitrogens with one attached hydrogen (secondary N) is 1. The maximum atomic E-state index is 13.4. The van der Waals surface area contributed by atoms with E-state index < -0.39 is 5.92 Å². The molecule has 0 radical (unpaired) electrons. The van der Waals surface area contributed by atoms with Crippen LogP contribution in [0.2, 0.25) is 0 Å². The summed E-state index contributed by atoms with van der Waals surface area (Å²) in [6.45, 7) is 2.74. The number of anilines is 2. The molecule has 154 valence electrons. The predicted molar refractivity (Wildman–Crippen MR) is 105 cm³/mol. The Balaban J connectivity index is 1.81. The van der Waals surface area contributed by atoms with Gasteiger partial charge >= 0.3 is 0 Å². The van der Waals surface area contributed by atoms with Crippen LogP contribution < -0.4 is 10.2 Å². The number of alkyl halides is 2. The Morgan fingerprint density at radius 1 is 1.29 bits per heavy atom. The first kappa shape index (κ1) is 20.5. The second-order valence-electron chi connectivity index (χ2n) is 7.61. The number of carbonyl (C=O) groups is 1. The number of nitrogens with zero attached hydrogens (tertiary/aromatic N) is 3. The first-order valence-corrected chi connectivity index (χ1v) is 9.70. The average Bonchev–Trinajstić information content (AvgIpc) is 2.68. The smallest absolute Gasteiger partial charge is 0.248 e. The van der Waals surface area contributed by atoms with Crippen molar-refractivity contribution in [2.45, 2.75) is 37.6 Å². The highest BCUT2D eigenvalue weighted by Gasteiger charge is 2.35. The van der Waals surface area contributed by atoms with E-state index in [9.17, 15) is 13.6 Å². The summed E-state index contributed by atoms with van der Waals surface area (Å²) in [7, 11) is 3.68. The quantitative estimate of drug-likeness (QED) is 0.591. The summed E-state index contributed by atoms with van der Waals surface area (Å²) in [5.41, 5.74) is 1.23. The highest BCUT2D eigenvalue weighted by Crippen LogP contribution is 2.34. The molecule has 1 N–H and O–H groups in total. The fourth-order valence-electron chi connectivity index (χ4n) is 3.42. The molecule has 0 bridgehead atoms. The van der Waals surface area contributed by atoms with Gasteiger partial charge in [-0.25, -0.2) is 13.8 Å². The molecule has 1 aliphatic carbocycles. The summed E-state index contributed by atoms with van der Waals surface area (Å²) >= 11 is 0. The van der Waals surface area contributed by atoms with Crippen LogP contribution in [0.3, 0.4) is 0 Å². The Morgan fingerprint density at radius 3 is 2.61 bits per heavy atom. The second-order valence-corrected chi connectivity index (χ2v) is 7.61. The number of morpholine rings is 1. The van der Waals surface area contributed by atoms with E-state index in [2.05, 4.69) is 15.2 Å². The van der Waals surface area contributed by atoms with Gasteiger partial charge in [-0.1, -0.05) is 0 Å². The minimum atomic E-state index is -2.57. The zero-order valence-corrected chi connectivity index (χ0v) is 16.5. The zero-order valence-electron chi connectivity index (χ0n) is 16.5. The highest BCUT2D eigenvalue weighted by molar-refractivity contribution is 6.03. The molecule has 0 amide bonds. The number of hydrogen-bond acceptors (Lipinski definition) is 6. The fourth-order valence-corrected chi connectivity index (χ4v) is 3.42. The number of ether oxygens (including phenoxy) is 1. The molecule has 2 aliphatic rings. The molecule has 8 heteroatoms. The van der Waals surface area contributed by atoms with Crippen LogP contribution in [0.4, 0.5) is 20.3 Å². The Hall–Kier alpha value is -2.22. The number of halogens is 2. The molecular formula is C20H28F2N4O2. The van der Waals surface area contributed by atoms with Gasteiger partial charge in [0, 0.05) is 70.1 Å². The summed E-state index contributed by atoms with van der Waals surface area (Å²) in [5, 5.41) is 3.27. The summed E-state index contributed by atoms with van der Waals surface area (Å²) in [4.78, 5) is 21.0. The standard InChI is InChI=1S/C20H28F2N4O2/c1-25(2)8-5-18(27)17-13-16(26-9-11-28-12-10-26)14-19(24-17)23-15-3-6-20(21,22)7-4-15/h5,8,13-15H,3-4,6-7,9-12H2,1-2H3,(H,23,24)/b8-5+. The van der Waals surface area contributed by atoms with Gasteiger partial charge in [0.1, 0.15) is 11.5 Å². The Labute approximate surface area is 164 Å². The molecule has 1 aliphatic heterocycles. The van der Waals surface area contributed by atoms with E-state index in [1.54, 1.807) is 17.2 Å². The molecule has 6 nitrogen and oxygen atoms in total. The summed E-state index contributed by atoms with van der Waals surface area (Å²) in [5.74, 6) is -2.21. The predicted octanol–water partition coefficient (Wildman–Crippen LogP) is 3.17. The molecule has 2 fully saturated rings. The lowest BCUT2D eigenvalue weighted by Gasteiger charge is -2.31. The number of ketones is 1. The van der Waals surface area contributed by atoms with Gasteiger partial charge in [0.2, 0.25) is 11.7 Å². The molecule has 1 aromatic heterocycles. The van der Waals surface area contributed by atoms with Gasteiger partial charge in [-0.2, -0.15) is 0 Å². The van der Waals surface area contributed by atoms with Crippen LogP contribution >= 0.6 is 0 Å². The molecule has 0 aromatic carbocycles. The number of carbonyl (C=O) groups excluding carboxylic acids is 1. The van der Waals surface area contributed by atoms with Crippen LogP contribution in [-0.2, 0) is 4.74 Å². The molecule has 0 spiro atoms. The lowest BCUT2D eigenvalue weighted by Crippen LogP contribution is -2.36. The van der Waals surface area contributed by atoms with E-state index in [0.717, 1.165) is 18.8 Å². The lowest BCUT2D eigenvalue weighted by atomic mass is 9.92. The molecule has 0 atom stereocenters. The van der Waals surface area contributed by atoms with E-state index in [-0.39, 0.29) is 24.7 Å². The van der Waals surface area contributed by atoms with Gasteiger partial charge in [0.25, 0.3) is 0 Å². The summed E-state index contributed by atoms with van der Waals surface area (Å²) in [6.07, 6.45) is 3.70. The topological polar surface area (TPSA) is 57.7 Å². The number of allylic oxidation sites excluding steroid dienone is 1. The van der Waals surface area contributed by atoms with Crippen LogP contribution in [0.5, 0.6) is 0 Å². The number of rotatable bonds is 6. The molecule has 2 heterocycles. The second kappa shape index (κ2) is 8.86. The van der Waals surface area contributed by atoms with Crippen molar-refractivity contribution in [3.05, 3.63) is 30.1 Å². The fraction of sp³-hybridized carbons (Fsp3) is 0.600. The van der Waals surface area contributed by atoms with Gasteiger partial charge in [-0.3, -0.25) is 4.79 Å². The number of aromatic nitrogens is 1. The molecule has 1 aromatic rings. The van der Waals surface area contributed by atoms with Crippen LogP contribution in [0.15, 0.2) is 24.4 Å². The highest BCUT2D eigenvalue weighted by atomic mass is 19.3. The Morgan fingerprint density at radius 2 is 1.96 bits per heavy atom. The van der Waals surface area contributed by atoms with Crippen LogP contribution in [0, 0.1) is 0 Å². The Bertz CT molecular complexity index is 708. The van der Waals surface area contributed by atoms with Crippen molar-refractivity contribution in [3.8, 4) is 0 Å². The summed E-state index contributed by atoms with van der Waals surface area (Å²) < 4.78 is 32.3. The van der Waals surface area contributed by atoms with E-state index in [1.165, 1.54) is 6.08 Å². The third kappa shape index (κ3) is 5.64. The zero-order chi connectivity index (χ0) is 20.1. The lowest BCUT2D eigenvalue weighted by molar-refractivity contribution is -0.0361. The monoisotopic (exact) mass is 394 g/mol. The average molecular weight is 394 g/mol. The van der Waals surface area contributed by atoms with Crippen molar-refractivity contribution in [3.63, 3.8) is 0 Å². The minimum absolute atomic E-state index is 0.0627. The molecule has 28 heavy (non-hydrogen) atoms. The van der Waals surface area contributed by atoms with E-state index in [4.69, 9.17) is 4.74 Å². The molecule has 3 rings (SSSR count). The van der Waals surface area contributed by atoms with E-state index in [0.29, 0.717) is 37.6 Å². The van der Waals surface area contributed by atoms with Crippen LogP contribution in [-0.4, -0.2) is 68.0 Å². The van der Waals surface area contributed by atoms with Crippen molar-refractivity contribution < 1.29 is 18.3 Å². The third-order valence-electron chi connectivity index (χ3n) is 5.03. The van der Waals surface area contributed by atoms with Crippen molar-refractivity contribution in [2.24, 2.45) is 0 Å².